The normalized spacial score (nSPS) is 14.2. The molecule has 3 rings (SSSR count). The van der Waals surface area contributed by atoms with Gasteiger partial charge in [0, 0.05) is 13.6 Å². The van der Waals surface area contributed by atoms with E-state index in [0.29, 0.717) is 19.1 Å². The monoisotopic (exact) mass is 274 g/mol. The average molecular weight is 274 g/mol. The van der Waals surface area contributed by atoms with Crippen LogP contribution in [0, 0.1) is 5.82 Å². The third-order valence-corrected chi connectivity index (χ3v) is 3.14. The minimum Gasteiger partial charge on any atom is -0.491 e. The Morgan fingerprint density at radius 1 is 1.35 bits per heavy atom. The van der Waals surface area contributed by atoms with Crippen molar-refractivity contribution < 1.29 is 9.13 Å². The van der Waals surface area contributed by atoms with Gasteiger partial charge in [0.2, 0.25) is 5.95 Å². The van der Waals surface area contributed by atoms with Crippen molar-refractivity contribution in [2.45, 2.75) is 6.42 Å². The van der Waals surface area contributed by atoms with E-state index in [4.69, 9.17) is 4.74 Å². The van der Waals surface area contributed by atoms with E-state index in [1.165, 1.54) is 6.20 Å². The molecular weight excluding hydrogens is 259 g/mol. The van der Waals surface area contributed by atoms with E-state index in [9.17, 15) is 4.39 Å². The van der Waals surface area contributed by atoms with Crippen LogP contribution < -0.4 is 15.0 Å². The highest BCUT2D eigenvalue weighted by Gasteiger charge is 2.21. The van der Waals surface area contributed by atoms with Gasteiger partial charge in [0.1, 0.15) is 5.75 Å². The van der Waals surface area contributed by atoms with Crippen LogP contribution in [0.25, 0.3) is 0 Å². The minimum absolute atomic E-state index is 0.266. The summed E-state index contributed by atoms with van der Waals surface area (Å²) in [6.07, 6.45) is 1.98. The summed E-state index contributed by atoms with van der Waals surface area (Å²) in [7, 11) is 1.70. The van der Waals surface area contributed by atoms with Gasteiger partial charge >= 0.3 is 0 Å². The molecule has 0 saturated carbocycles. The molecule has 5 nitrogen and oxygen atoms in total. The van der Waals surface area contributed by atoms with Crippen molar-refractivity contribution in [3.8, 4) is 5.75 Å². The second kappa shape index (κ2) is 5.32. The van der Waals surface area contributed by atoms with Gasteiger partial charge in [-0.15, -0.1) is 0 Å². The predicted molar refractivity (Wildman–Crippen MR) is 75.1 cm³/mol. The van der Waals surface area contributed by atoms with E-state index in [1.807, 2.05) is 29.2 Å². The fourth-order valence-corrected chi connectivity index (χ4v) is 2.22. The lowest BCUT2D eigenvalue weighted by Crippen LogP contribution is -2.21. The lowest BCUT2D eigenvalue weighted by Gasteiger charge is -2.23. The molecule has 1 aliphatic rings. The first-order valence-electron chi connectivity index (χ1n) is 6.49. The number of fused-ring (bicyclic) bond motifs is 1. The molecule has 0 amide bonds. The van der Waals surface area contributed by atoms with E-state index in [1.54, 1.807) is 7.05 Å². The third kappa shape index (κ3) is 2.24. The van der Waals surface area contributed by atoms with Crippen LogP contribution in [-0.4, -0.2) is 30.2 Å². The number of aromatic nitrogens is 2. The van der Waals surface area contributed by atoms with Crippen molar-refractivity contribution >= 4 is 17.5 Å². The molecule has 0 spiro atoms. The van der Waals surface area contributed by atoms with E-state index in [-0.39, 0.29) is 5.82 Å². The molecule has 1 aromatic carbocycles. The number of ether oxygens (including phenoxy) is 1. The zero-order chi connectivity index (χ0) is 13.9. The van der Waals surface area contributed by atoms with E-state index < -0.39 is 5.82 Å². The predicted octanol–water partition coefficient (Wildman–Crippen LogP) is 2.58. The molecular formula is C14H15FN4O. The van der Waals surface area contributed by atoms with Crippen molar-refractivity contribution in [2.75, 3.05) is 30.4 Å². The summed E-state index contributed by atoms with van der Waals surface area (Å²) in [4.78, 5) is 9.94. The zero-order valence-electron chi connectivity index (χ0n) is 11.1. The number of nitrogens with one attached hydrogen (secondary N) is 1. The fraction of sp³-hybridized carbons (Fsp3) is 0.286. The van der Waals surface area contributed by atoms with Crippen LogP contribution in [0.2, 0.25) is 0 Å². The summed E-state index contributed by atoms with van der Waals surface area (Å²) in [6.45, 7) is 1.26. The van der Waals surface area contributed by atoms with E-state index in [0.717, 1.165) is 17.9 Å². The Hall–Kier alpha value is -2.37. The van der Waals surface area contributed by atoms with Crippen LogP contribution in [0.5, 0.6) is 5.75 Å². The number of benzene rings is 1. The molecule has 0 atom stereocenters. The van der Waals surface area contributed by atoms with Crippen molar-refractivity contribution in [1.29, 1.82) is 0 Å². The minimum atomic E-state index is -0.444. The molecule has 0 bridgehead atoms. The second-order valence-electron chi connectivity index (χ2n) is 4.44. The molecule has 0 aliphatic carbocycles. The lowest BCUT2D eigenvalue weighted by molar-refractivity contribution is 0.322. The molecule has 0 fully saturated rings. The quantitative estimate of drug-likeness (QED) is 0.912. The van der Waals surface area contributed by atoms with Gasteiger partial charge in [0.05, 0.1) is 18.5 Å². The van der Waals surface area contributed by atoms with Gasteiger partial charge in [0.15, 0.2) is 11.6 Å². The number of rotatable bonds is 2. The van der Waals surface area contributed by atoms with Gasteiger partial charge in [-0.3, -0.25) is 0 Å². The van der Waals surface area contributed by atoms with Gasteiger partial charge in [-0.25, -0.2) is 9.37 Å². The topological polar surface area (TPSA) is 50.3 Å². The van der Waals surface area contributed by atoms with Crippen LogP contribution in [0.1, 0.15) is 6.42 Å². The van der Waals surface area contributed by atoms with E-state index in [2.05, 4.69) is 15.3 Å². The Balaban J connectivity index is 2.09. The van der Waals surface area contributed by atoms with Crippen molar-refractivity contribution in [3.05, 3.63) is 36.3 Å². The molecule has 1 aliphatic heterocycles. The van der Waals surface area contributed by atoms with Crippen LogP contribution in [0.3, 0.4) is 0 Å². The maximum atomic E-state index is 14.1. The number of nitrogens with zero attached hydrogens (tertiary/aromatic N) is 3. The number of para-hydroxylation sites is 2. The Bertz CT molecular complexity index is 620. The Kier molecular flexibility index (Phi) is 3.37. The Morgan fingerprint density at radius 2 is 2.20 bits per heavy atom. The summed E-state index contributed by atoms with van der Waals surface area (Å²) in [5, 5.41) is 2.83. The highest BCUT2D eigenvalue weighted by molar-refractivity contribution is 5.68. The van der Waals surface area contributed by atoms with Gasteiger partial charge in [-0.2, -0.15) is 4.98 Å². The maximum absolute atomic E-state index is 14.1. The van der Waals surface area contributed by atoms with Crippen molar-refractivity contribution in [3.63, 3.8) is 0 Å². The van der Waals surface area contributed by atoms with Crippen LogP contribution >= 0.6 is 0 Å². The summed E-state index contributed by atoms with van der Waals surface area (Å²) < 4.78 is 19.8. The first-order valence-corrected chi connectivity index (χ1v) is 6.49. The lowest BCUT2D eigenvalue weighted by atomic mass is 10.2. The largest absolute Gasteiger partial charge is 0.491 e. The number of halogens is 1. The van der Waals surface area contributed by atoms with Gasteiger partial charge < -0.3 is 15.0 Å². The first kappa shape index (κ1) is 12.7. The summed E-state index contributed by atoms with van der Waals surface area (Å²) in [6, 6.07) is 7.59. The smallest absolute Gasteiger partial charge is 0.224 e. The van der Waals surface area contributed by atoms with Crippen LogP contribution in [-0.2, 0) is 0 Å². The average Bonchev–Trinajstić information content (AvgIpc) is 2.70. The first-order chi connectivity index (χ1) is 9.79. The fourth-order valence-electron chi connectivity index (χ4n) is 2.22. The summed E-state index contributed by atoms with van der Waals surface area (Å²) in [5.41, 5.74) is 0.824. The molecule has 2 aromatic rings. The molecule has 104 valence electrons. The van der Waals surface area contributed by atoms with Crippen LogP contribution in [0.15, 0.2) is 30.5 Å². The summed E-state index contributed by atoms with van der Waals surface area (Å²) >= 11 is 0. The highest BCUT2D eigenvalue weighted by Crippen LogP contribution is 2.35. The molecule has 6 heteroatoms. The molecule has 0 saturated heterocycles. The highest BCUT2D eigenvalue weighted by atomic mass is 19.1. The van der Waals surface area contributed by atoms with Gasteiger partial charge in [-0.05, 0) is 18.6 Å². The third-order valence-electron chi connectivity index (χ3n) is 3.14. The Labute approximate surface area is 116 Å². The number of hydrogen-bond acceptors (Lipinski definition) is 5. The van der Waals surface area contributed by atoms with E-state index >= 15 is 0 Å². The molecule has 20 heavy (non-hydrogen) atoms. The molecule has 2 heterocycles. The number of hydrogen-bond donors (Lipinski definition) is 1. The molecule has 1 N–H and O–H groups in total. The Morgan fingerprint density at radius 3 is 3.05 bits per heavy atom. The summed E-state index contributed by atoms with van der Waals surface area (Å²) in [5.74, 6) is 0.959. The second-order valence-corrected chi connectivity index (χ2v) is 4.44. The zero-order valence-corrected chi connectivity index (χ0v) is 11.1. The van der Waals surface area contributed by atoms with Crippen LogP contribution in [0.4, 0.5) is 21.8 Å². The van der Waals surface area contributed by atoms with Gasteiger partial charge in [0.25, 0.3) is 0 Å². The maximum Gasteiger partial charge on any atom is 0.224 e. The standard InChI is InChI=1S/C14H15FN4O/c1-16-14-17-9-10(15)13(18-14)19-7-4-8-20-12-6-3-2-5-11(12)19/h2-3,5-6,9H,4,7-8H2,1H3,(H,16,17,18). The number of anilines is 3. The molecule has 0 radical (unpaired) electrons. The SMILES string of the molecule is CNc1ncc(F)c(N2CCCOc3ccccc32)n1. The van der Waals surface area contributed by atoms with Crippen molar-refractivity contribution in [1.82, 2.24) is 9.97 Å². The van der Waals surface area contributed by atoms with Gasteiger partial charge in [-0.1, -0.05) is 12.1 Å². The molecule has 1 aromatic heterocycles. The van der Waals surface area contributed by atoms with Crippen molar-refractivity contribution in [2.24, 2.45) is 0 Å². The molecule has 0 unspecified atom stereocenters.